The molecule has 0 amide bonds. The van der Waals surface area contributed by atoms with E-state index in [0.717, 1.165) is 6.08 Å². The van der Waals surface area contributed by atoms with Crippen LogP contribution in [0.1, 0.15) is 0 Å². The molecule has 0 saturated heterocycles. The van der Waals surface area contributed by atoms with Gasteiger partial charge in [-0.25, -0.2) is 9.59 Å². The number of carboxylic acids is 2. The van der Waals surface area contributed by atoms with E-state index in [1.54, 1.807) is 0 Å². The van der Waals surface area contributed by atoms with E-state index < -0.39 is 16.3 Å². The van der Waals surface area contributed by atoms with Gasteiger partial charge in [0.25, 0.3) is 0 Å². The molecule has 10 heavy (non-hydrogen) atoms. The molecule has 5 heteroatoms. The van der Waals surface area contributed by atoms with Gasteiger partial charge in [-0.15, -0.1) is 6.58 Å². The molecule has 0 aliphatic rings. The van der Waals surface area contributed by atoms with Crippen molar-refractivity contribution in [3.8, 4) is 0 Å². The van der Waals surface area contributed by atoms with E-state index >= 15 is 0 Å². The summed E-state index contributed by atoms with van der Waals surface area (Å²) in [5.41, 5.74) is 0. The minimum Gasteiger partial charge on any atom is -0.480 e. The molecule has 0 fully saturated rings. The summed E-state index contributed by atoms with van der Waals surface area (Å²) in [5.74, 6) is -2.98. The van der Waals surface area contributed by atoms with Crippen molar-refractivity contribution in [3.63, 3.8) is 0 Å². The quantitative estimate of drug-likeness (QED) is 0.402. The zero-order chi connectivity index (χ0) is 8.36. The highest BCUT2D eigenvalue weighted by Gasteiger charge is 2.40. The summed E-state index contributed by atoms with van der Waals surface area (Å²) in [6, 6.07) is 0. The van der Waals surface area contributed by atoms with Crippen LogP contribution < -0.4 is 0 Å². The molecule has 0 radical (unpaired) electrons. The first-order valence-corrected chi connectivity index (χ1v) is 3.03. The Kier molecular flexibility index (Phi) is 2.59. The van der Waals surface area contributed by atoms with E-state index in [0.29, 0.717) is 0 Å². The zero-order valence-electron chi connectivity index (χ0n) is 4.87. The van der Waals surface area contributed by atoms with Crippen molar-refractivity contribution < 1.29 is 19.8 Å². The highest BCUT2D eigenvalue weighted by Crippen LogP contribution is 2.19. The van der Waals surface area contributed by atoms with Crippen molar-refractivity contribution in [3.05, 3.63) is 12.7 Å². The van der Waals surface area contributed by atoms with Crippen LogP contribution in [0.4, 0.5) is 0 Å². The third-order valence-electron chi connectivity index (χ3n) is 0.904. The van der Waals surface area contributed by atoms with Crippen molar-refractivity contribution in [1.82, 2.24) is 0 Å². The summed E-state index contributed by atoms with van der Waals surface area (Å²) in [6.07, 6.45) is 0.803. The first-order chi connectivity index (χ1) is 4.45. The van der Waals surface area contributed by atoms with Crippen LogP contribution in [0.3, 0.4) is 0 Å². The van der Waals surface area contributed by atoms with Crippen LogP contribution in [0.15, 0.2) is 12.7 Å². The molecule has 0 heterocycles. The number of halogens is 1. The molecule has 0 aromatic carbocycles. The van der Waals surface area contributed by atoms with Gasteiger partial charge in [0.05, 0.1) is 0 Å². The molecule has 2 N–H and O–H groups in total. The minimum atomic E-state index is -2.05. The molecule has 0 bridgehead atoms. The minimum absolute atomic E-state index is 0.803. The summed E-state index contributed by atoms with van der Waals surface area (Å²) in [4.78, 5) is 20.4. The molecular formula is C5H5BrO4. The van der Waals surface area contributed by atoms with Crippen LogP contribution in [0.5, 0.6) is 0 Å². The van der Waals surface area contributed by atoms with Gasteiger partial charge in [-0.1, -0.05) is 22.0 Å². The van der Waals surface area contributed by atoms with Crippen LogP contribution in [-0.4, -0.2) is 26.5 Å². The standard InChI is InChI=1S/C5H5BrO4/c1-2-5(6,3(7)8)4(9)10/h2H,1H2,(H,7,8)(H,9,10). The first kappa shape index (κ1) is 9.16. The van der Waals surface area contributed by atoms with Crippen molar-refractivity contribution in [2.24, 2.45) is 0 Å². The molecule has 0 atom stereocenters. The number of hydrogen-bond acceptors (Lipinski definition) is 2. The fourth-order valence-corrected chi connectivity index (χ4v) is 0.266. The average Bonchev–Trinajstić information content (AvgIpc) is 1.85. The van der Waals surface area contributed by atoms with E-state index in [-0.39, 0.29) is 0 Å². The van der Waals surface area contributed by atoms with E-state index in [9.17, 15) is 9.59 Å². The normalized spacial score (nSPS) is 10.5. The third kappa shape index (κ3) is 1.36. The van der Waals surface area contributed by atoms with Gasteiger partial charge in [-0.3, -0.25) is 0 Å². The van der Waals surface area contributed by atoms with E-state index in [4.69, 9.17) is 10.2 Å². The average molecular weight is 209 g/mol. The smallest absolute Gasteiger partial charge is 0.336 e. The Bertz CT molecular complexity index is 172. The molecule has 0 unspecified atom stereocenters. The SMILES string of the molecule is C=CC(Br)(C(=O)O)C(=O)O. The number of aliphatic carboxylic acids is 2. The molecule has 0 aromatic heterocycles. The summed E-state index contributed by atoms with van der Waals surface area (Å²) in [6.45, 7) is 3.07. The second-order valence-corrected chi connectivity index (χ2v) is 2.78. The van der Waals surface area contributed by atoms with Gasteiger partial charge < -0.3 is 10.2 Å². The monoisotopic (exact) mass is 208 g/mol. The maximum absolute atomic E-state index is 10.2. The fraction of sp³-hybridized carbons (Fsp3) is 0.200. The number of carbonyl (C=O) groups is 2. The summed E-state index contributed by atoms with van der Waals surface area (Å²) in [7, 11) is 0. The molecule has 0 aromatic rings. The lowest BCUT2D eigenvalue weighted by Crippen LogP contribution is -2.38. The second-order valence-electron chi connectivity index (χ2n) is 1.53. The Morgan fingerprint density at radius 2 is 1.70 bits per heavy atom. The third-order valence-corrected chi connectivity index (χ3v) is 1.91. The van der Waals surface area contributed by atoms with Crippen LogP contribution in [0, 0.1) is 0 Å². The zero-order valence-corrected chi connectivity index (χ0v) is 6.46. The lowest BCUT2D eigenvalue weighted by Gasteiger charge is -2.10. The molecule has 0 saturated carbocycles. The first-order valence-electron chi connectivity index (χ1n) is 2.24. The maximum atomic E-state index is 10.2. The lowest BCUT2D eigenvalue weighted by molar-refractivity contribution is -0.149. The molecule has 0 rings (SSSR count). The highest BCUT2D eigenvalue weighted by molar-refractivity contribution is 9.10. The Labute approximate surface area is 65.3 Å². The van der Waals surface area contributed by atoms with Crippen molar-refractivity contribution in [2.45, 2.75) is 4.32 Å². The fourth-order valence-electron chi connectivity index (χ4n) is 0.266. The Balaban J connectivity index is 4.72. The van der Waals surface area contributed by atoms with Crippen LogP contribution in [0.25, 0.3) is 0 Å². The number of rotatable bonds is 3. The second kappa shape index (κ2) is 2.83. The Hall–Kier alpha value is -0.840. The topological polar surface area (TPSA) is 74.6 Å². The molecule has 0 aliphatic heterocycles. The molecule has 4 nitrogen and oxygen atoms in total. The summed E-state index contributed by atoms with van der Waals surface area (Å²) < 4.78 is -2.05. The van der Waals surface area contributed by atoms with E-state index in [1.807, 2.05) is 0 Å². The summed E-state index contributed by atoms with van der Waals surface area (Å²) in [5, 5.41) is 16.6. The Morgan fingerprint density at radius 1 is 1.40 bits per heavy atom. The van der Waals surface area contributed by atoms with Gasteiger partial charge in [-0.05, 0) is 0 Å². The number of carboxylic acid groups (broad SMARTS) is 2. The predicted octanol–water partition coefficient (Wildman–Crippen LogP) is 0.475. The largest absolute Gasteiger partial charge is 0.480 e. The molecular weight excluding hydrogens is 204 g/mol. The van der Waals surface area contributed by atoms with Crippen molar-refractivity contribution in [1.29, 1.82) is 0 Å². The lowest BCUT2D eigenvalue weighted by atomic mass is 10.1. The molecule has 56 valence electrons. The Morgan fingerprint density at radius 3 is 1.70 bits per heavy atom. The maximum Gasteiger partial charge on any atom is 0.336 e. The van der Waals surface area contributed by atoms with Gasteiger partial charge in [0, 0.05) is 0 Å². The van der Waals surface area contributed by atoms with E-state index in [1.165, 1.54) is 0 Å². The van der Waals surface area contributed by atoms with E-state index in [2.05, 4.69) is 22.5 Å². The van der Waals surface area contributed by atoms with Gasteiger partial charge >= 0.3 is 11.9 Å². The van der Waals surface area contributed by atoms with Gasteiger partial charge in [0.15, 0.2) is 0 Å². The number of hydrogen-bond donors (Lipinski definition) is 2. The summed E-state index contributed by atoms with van der Waals surface area (Å²) >= 11 is 2.50. The van der Waals surface area contributed by atoms with Crippen LogP contribution >= 0.6 is 15.9 Å². The van der Waals surface area contributed by atoms with Crippen molar-refractivity contribution in [2.75, 3.05) is 0 Å². The van der Waals surface area contributed by atoms with Crippen molar-refractivity contribution >= 4 is 27.9 Å². The molecule has 0 aliphatic carbocycles. The van der Waals surface area contributed by atoms with Gasteiger partial charge in [-0.2, -0.15) is 0 Å². The predicted molar refractivity (Wildman–Crippen MR) is 37.1 cm³/mol. The highest BCUT2D eigenvalue weighted by atomic mass is 79.9. The number of alkyl halides is 1. The van der Waals surface area contributed by atoms with Gasteiger partial charge in [0.2, 0.25) is 4.32 Å². The van der Waals surface area contributed by atoms with Crippen LogP contribution in [0.2, 0.25) is 0 Å². The van der Waals surface area contributed by atoms with Crippen LogP contribution in [-0.2, 0) is 9.59 Å². The molecule has 0 spiro atoms. The van der Waals surface area contributed by atoms with Gasteiger partial charge in [0.1, 0.15) is 0 Å².